The van der Waals surface area contributed by atoms with E-state index in [-0.39, 0.29) is 9.92 Å². The molecule has 0 amide bonds. The Hall–Kier alpha value is -1.64. The first-order valence-corrected chi connectivity index (χ1v) is 7.70. The first kappa shape index (κ1) is 14.8. The van der Waals surface area contributed by atoms with Crippen molar-refractivity contribution in [3.05, 3.63) is 45.9 Å². The molecule has 0 spiro atoms. The van der Waals surface area contributed by atoms with Gasteiger partial charge in [-0.3, -0.25) is 4.79 Å². The number of hydrogen-bond acceptors (Lipinski definition) is 4. The second-order valence-electron chi connectivity index (χ2n) is 4.07. The second-order valence-corrected chi connectivity index (χ2v) is 6.19. The van der Waals surface area contributed by atoms with Gasteiger partial charge >= 0.3 is 0 Å². The monoisotopic (exact) mass is 316 g/mol. The molecule has 2 aromatic rings. The maximum atomic E-state index is 12.2. The summed E-state index contributed by atoms with van der Waals surface area (Å²) in [5.41, 5.74) is -0.538. The Kier molecular flexibility index (Phi) is 4.26. The molecule has 0 aliphatic rings. The van der Waals surface area contributed by atoms with E-state index >= 15 is 0 Å². The third-order valence-corrected chi connectivity index (χ3v) is 4.43. The predicted molar refractivity (Wildman–Crippen MR) is 74.0 cm³/mol. The summed E-state index contributed by atoms with van der Waals surface area (Å²) in [5.74, 6) is 0.520. The zero-order valence-electron chi connectivity index (χ0n) is 10.6. The van der Waals surface area contributed by atoms with Crippen LogP contribution in [0.1, 0.15) is 25.2 Å². The average Bonchev–Trinajstić information content (AvgIpc) is 2.93. The summed E-state index contributed by atoms with van der Waals surface area (Å²) in [6.07, 6.45) is 4.78. The molecule has 9 heteroatoms. The lowest BCUT2D eigenvalue weighted by Gasteiger charge is -2.14. The Morgan fingerprint density at radius 2 is 2.20 bits per heavy atom. The molecule has 2 aromatic heterocycles. The van der Waals surface area contributed by atoms with Crippen LogP contribution in [0.2, 0.25) is 5.02 Å². The van der Waals surface area contributed by atoms with E-state index in [0.717, 1.165) is 12.3 Å². The fraction of sp³-hybridized carbons (Fsp3) is 0.273. The third-order valence-electron chi connectivity index (χ3n) is 2.70. The van der Waals surface area contributed by atoms with Gasteiger partial charge in [-0.15, -0.1) is 0 Å². The topological polar surface area (TPSA) is 108 Å². The number of aromatic amines is 2. The summed E-state index contributed by atoms with van der Waals surface area (Å²) in [5, 5.41) is -0.182. The molecule has 7 nitrogen and oxygen atoms in total. The molecule has 1 atom stereocenters. The molecule has 3 N–H and O–H groups in total. The lowest BCUT2D eigenvalue weighted by molar-refractivity contribution is 0.539. The van der Waals surface area contributed by atoms with E-state index in [1.165, 1.54) is 0 Å². The van der Waals surface area contributed by atoms with Gasteiger partial charge in [-0.05, 0) is 12.5 Å². The molecule has 0 aromatic carbocycles. The summed E-state index contributed by atoms with van der Waals surface area (Å²) in [6, 6.07) is 0.623. The van der Waals surface area contributed by atoms with E-state index in [0.29, 0.717) is 12.2 Å². The number of H-pyrrole nitrogens is 2. The predicted octanol–water partition coefficient (Wildman–Crippen LogP) is 1.18. The quantitative estimate of drug-likeness (QED) is 0.769. The van der Waals surface area contributed by atoms with Crippen LogP contribution in [0.5, 0.6) is 0 Å². The molecular weight excluding hydrogens is 304 g/mol. The van der Waals surface area contributed by atoms with Crippen LogP contribution < -0.4 is 10.3 Å². The molecule has 0 aliphatic carbocycles. The number of pyridine rings is 1. The number of rotatable bonds is 5. The highest BCUT2D eigenvalue weighted by atomic mass is 35.5. The summed E-state index contributed by atoms with van der Waals surface area (Å²) >= 11 is 5.64. The number of imidazole rings is 1. The van der Waals surface area contributed by atoms with E-state index in [4.69, 9.17) is 11.6 Å². The minimum absolute atomic E-state index is 0.105. The first-order valence-electron chi connectivity index (χ1n) is 5.84. The lowest BCUT2D eigenvalue weighted by atomic mass is 10.2. The van der Waals surface area contributed by atoms with E-state index in [9.17, 15) is 13.2 Å². The maximum Gasteiger partial charge on any atom is 0.266 e. The number of nitrogens with one attached hydrogen (secondary N) is 3. The average molecular weight is 317 g/mol. The van der Waals surface area contributed by atoms with Gasteiger partial charge in [0.2, 0.25) is 10.0 Å². The van der Waals surface area contributed by atoms with Crippen molar-refractivity contribution in [2.45, 2.75) is 24.3 Å². The molecule has 0 saturated carbocycles. The maximum absolute atomic E-state index is 12.2. The van der Waals surface area contributed by atoms with Crippen molar-refractivity contribution in [2.75, 3.05) is 0 Å². The molecule has 2 rings (SSSR count). The van der Waals surface area contributed by atoms with Crippen LogP contribution in [0, 0.1) is 0 Å². The Morgan fingerprint density at radius 1 is 1.45 bits per heavy atom. The van der Waals surface area contributed by atoms with Gasteiger partial charge in [-0.1, -0.05) is 18.5 Å². The van der Waals surface area contributed by atoms with Gasteiger partial charge < -0.3 is 9.97 Å². The van der Waals surface area contributed by atoms with Crippen LogP contribution in [0.3, 0.4) is 0 Å². The Balaban J connectivity index is 2.30. The molecule has 1 unspecified atom stereocenters. The highest BCUT2D eigenvalue weighted by molar-refractivity contribution is 7.89. The first-order chi connectivity index (χ1) is 9.44. The molecule has 2 heterocycles. The van der Waals surface area contributed by atoms with E-state index in [1.54, 1.807) is 12.4 Å². The molecule has 0 fully saturated rings. The summed E-state index contributed by atoms with van der Waals surface area (Å²) in [4.78, 5) is 20.2. The van der Waals surface area contributed by atoms with Crippen molar-refractivity contribution in [3.8, 4) is 0 Å². The number of halogens is 1. The van der Waals surface area contributed by atoms with E-state index < -0.39 is 21.6 Å². The molecular formula is C11H13ClN4O3S. The van der Waals surface area contributed by atoms with Crippen molar-refractivity contribution in [1.29, 1.82) is 0 Å². The fourth-order valence-electron chi connectivity index (χ4n) is 1.65. The molecule has 0 radical (unpaired) electrons. The zero-order valence-corrected chi connectivity index (χ0v) is 12.1. The SMILES string of the molecule is CCC(NS(=O)(=O)c1c[nH]c(=O)c(Cl)c1)c1ncc[nH]1. The van der Waals surface area contributed by atoms with Crippen molar-refractivity contribution in [1.82, 2.24) is 19.7 Å². The normalized spacial score (nSPS) is 13.3. The van der Waals surface area contributed by atoms with Gasteiger partial charge in [0.15, 0.2) is 0 Å². The highest BCUT2D eigenvalue weighted by Gasteiger charge is 2.22. The van der Waals surface area contributed by atoms with E-state index in [2.05, 4.69) is 19.7 Å². The van der Waals surface area contributed by atoms with Crippen LogP contribution in [-0.2, 0) is 10.0 Å². The van der Waals surface area contributed by atoms with Gasteiger partial charge in [-0.25, -0.2) is 18.1 Å². The van der Waals surface area contributed by atoms with Crippen LogP contribution in [0.4, 0.5) is 0 Å². The molecule has 0 aliphatic heterocycles. The Labute approximate surface area is 120 Å². The van der Waals surface area contributed by atoms with Crippen molar-refractivity contribution >= 4 is 21.6 Å². The summed E-state index contributed by atoms with van der Waals surface area (Å²) in [7, 11) is -3.80. The fourth-order valence-corrected chi connectivity index (χ4v) is 3.16. The summed E-state index contributed by atoms with van der Waals surface area (Å²) in [6.45, 7) is 1.83. The van der Waals surface area contributed by atoms with Crippen LogP contribution in [0.25, 0.3) is 0 Å². The molecule has 108 valence electrons. The smallest absolute Gasteiger partial charge is 0.266 e. The van der Waals surface area contributed by atoms with Gasteiger partial charge in [0.1, 0.15) is 10.8 Å². The minimum Gasteiger partial charge on any atom is -0.347 e. The molecule has 0 bridgehead atoms. The standard InChI is InChI=1S/C11H13ClN4O3S/c1-2-9(10-13-3-4-14-10)16-20(18,19)7-5-8(12)11(17)15-6-7/h3-6,9,16H,2H2,1H3,(H,13,14)(H,15,17). The van der Waals surface area contributed by atoms with Crippen LogP contribution in [-0.4, -0.2) is 23.4 Å². The van der Waals surface area contributed by atoms with Gasteiger partial charge in [0.25, 0.3) is 5.56 Å². The van der Waals surface area contributed by atoms with Gasteiger partial charge in [-0.2, -0.15) is 0 Å². The lowest BCUT2D eigenvalue weighted by Crippen LogP contribution is -2.29. The molecule has 0 saturated heterocycles. The largest absolute Gasteiger partial charge is 0.347 e. The van der Waals surface area contributed by atoms with Gasteiger partial charge in [0, 0.05) is 18.6 Å². The minimum atomic E-state index is -3.80. The Morgan fingerprint density at radius 3 is 2.75 bits per heavy atom. The van der Waals surface area contributed by atoms with Gasteiger partial charge in [0.05, 0.1) is 10.9 Å². The molecule has 20 heavy (non-hydrogen) atoms. The van der Waals surface area contributed by atoms with Crippen molar-refractivity contribution < 1.29 is 8.42 Å². The van der Waals surface area contributed by atoms with Crippen LogP contribution in [0.15, 0.2) is 34.3 Å². The van der Waals surface area contributed by atoms with Crippen molar-refractivity contribution in [3.63, 3.8) is 0 Å². The van der Waals surface area contributed by atoms with Crippen molar-refractivity contribution in [2.24, 2.45) is 0 Å². The highest BCUT2D eigenvalue weighted by Crippen LogP contribution is 2.17. The second kappa shape index (κ2) is 5.78. The Bertz CT molecular complexity index is 739. The number of sulfonamides is 1. The summed E-state index contributed by atoms with van der Waals surface area (Å²) < 4.78 is 27.0. The van der Waals surface area contributed by atoms with E-state index in [1.807, 2.05) is 6.92 Å². The van der Waals surface area contributed by atoms with Crippen LogP contribution >= 0.6 is 11.6 Å². The number of nitrogens with zero attached hydrogens (tertiary/aromatic N) is 1. The third kappa shape index (κ3) is 3.09. The zero-order chi connectivity index (χ0) is 14.8. The number of hydrogen-bond donors (Lipinski definition) is 3. The number of aromatic nitrogens is 3.